The van der Waals surface area contributed by atoms with Crippen LogP contribution < -0.4 is 5.32 Å². The highest BCUT2D eigenvalue weighted by molar-refractivity contribution is 8.04. The molecule has 0 fully saturated rings. The zero-order valence-corrected chi connectivity index (χ0v) is 11.3. The van der Waals surface area contributed by atoms with Crippen molar-refractivity contribution in [3.05, 3.63) is 28.0 Å². The van der Waals surface area contributed by atoms with E-state index in [-0.39, 0.29) is 22.8 Å². The van der Waals surface area contributed by atoms with E-state index in [0.717, 1.165) is 12.2 Å². The fourth-order valence-electron chi connectivity index (χ4n) is 1.63. The molecule has 1 aliphatic carbocycles. The molecule has 6 nitrogen and oxygen atoms in total. The van der Waals surface area contributed by atoms with Crippen LogP contribution >= 0.6 is 11.8 Å². The van der Waals surface area contributed by atoms with Crippen molar-refractivity contribution in [1.82, 2.24) is 10.5 Å². The number of aromatic nitrogens is 1. The van der Waals surface area contributed by atoms with Gasteiger partial charge in [-0.05, 0) is 12.2 Å². The topological polar surface area (TPSA) is 89.3 Å². The van der Waals surface area contributed by atoms with Crippen molar-refractivity contribution >= 4 is 29.2 Å². The smallest absolute Gasteiger partial charge is 0.274 e. The quantitative estimate of drug-likeness (QED) is 0.897. The molecule has 1 aromatic rings. The maximum atomic E-state index is 12.2. The average molecular weight is 280 g/mol. The molecular formula is C12H12N2O4S. The number of ketones is 2. The molecular weight excluding hydrogens is 268 g/mol. The summed E-state index contributed by atoms with van der Waals surface area (Å²) in [5, 5.41) is 5.87. The predicted molar refractivity (Wildman–Crippen MR) is 69.4 cm³/mol. The monoisotopic (exact) mass is 280 g/mol. The fraction of sp³-hybridized carbons (Fsp3) is 0.333. The molecule has 0 saturated heterocycles. The van der Waals surface area contributed by atoms with Gasteiger partial charge in [0.05, 0.1) is 4.91 Å². The minimum Gasteiger partial charge on any atom is -0.354 e. The van der Waals surface area contributed by atoms with Gasteiger partial charge in [0.25, 0.3) is 5.91 Å². The Hall–Kier alpha value is -1.89. The number of carbonyl (C=O) groups is 3. The highest BCUT2D eigenvalue weighted by atomic mass is 32.2. The Kier molecular flexibility index (Phi) is 3.84. The number of carbonyl (C=O) groups excluding carboxylic acids is 3. The Bertz CT molecular complexity index is 589. The number of nitrogens with zero attached hydrogens (tertiary/aromatic N) is 1. The number of hydrogen-bond donors (Lipinski definition) is 1. The summed E-state index contributed by atoms with van der Waals surface area (Å²) in [5.41, 5.74) is -0.177. The second-order valence-electron chi connectivity index (χ2n) is 3.86. The van der Waals surface area contributed by atoms with Crippen LogP contribution in [0.2, 0.25) is 0 Å². The predicted octanol–water partition coefficient (Wildman–Crippen LogP) is 1.44. The van der Waals surface area contributed by atoms with E-state index in [0.29, 0.717) is 4.91 Å². The van der Waals surface area contributed by atoms with E-state index < -0.39 is 11.7 Å². The first-order valence-electron chi connectivity index (χ1n) is 5.75. The van der Waals surface area contributed by atoms with Crippen molar-refractivity contribution < 1.29 is 18.9 Å². The highest BCUT2D eigenvalue weighted by Gasteiger charge is 2.35. The molecule has 0 radical (unpaired) electrons. The molecule has 0 bridgehead atoms. The van der Waals surface area contributed by atoms with E-state index >= 15 is 0 Å². The van der Waals surface area contributed by atoms with E-state index in [1.807, 2.05) is 6.92 Å². The van der Waals surface area contributed by atoms with Gasteiger partial charge < -0.3 is 9.84 Å². The molecule has 0 spiro atoms. The van der Waals surface area contributed by atoms with Gasteiger partial charge in [-0.2, -0.15) is 0 Å². The number of hydrogen-bond acceptors (Lipinski definition) is 6. The molecule has 1 aliphatic rings. The third kappa shape index (κ3) is 2.33. The first-order valence-corrected chi connectivity index (χ1v) is 6.74. The van der Waals surface area contributed by atoms with E-state index in [1.54, 1.807) is 0 Å². The summed E-state index contributed by atoms with van der Waals surface area (Å²) >= 11 is 1.29. The normalized spacial score (nSPS) is 14.1. The third-order valence-corrected chi connectivity index (χ3v) is 3.76. The minimum absolute atomic E-state index is 0.0366. The molecule has 0 saturated carbocycles. The number of rotatable bonds is 4. The van der Waals surface area contributed by atoms with Crippen LogP contribution in [0.25, 0.3) is 0 Å². The fourth-order valence-corrected chi connectivity index (χ4v) is 2.48. The zero-order chi connectivity index (χ0) is 14.0. The lowest BCUT2D eigenvalue weighted by Crippen LogP contribution is -2.23. The minimum atomic E-state index is -0.548. The summed E-state index contributed by atoms with van der Waals surface area (Å²) in [6.45, 7) is 1.98. The van der Waals surface area contributed by atoms with Crippen molar-refractivity contribution in [3.63, 3.8) is 0 Å². The highest BCUT2D eigenvalue weighted by Crippen LogP contribution is 2.30. The molecule has 0 aliphatic heterocycles. The second kappa shape index (κ2) is 5.40. The SMILES string of the molecule is CCCSC1=CC(=O)c2onc(C(=O)NC)c2C1=O. The van der Waals surface area contributed by atoms with Gasteiger partial charge in [-0.25, -0.2) is 0 Å². The largest absolute Gasteiger partial charge is 0.354 e. The maximum absolute atomic E-state index is 12.2. The molecule has 0 unspecified atom stereocenters. The summed E-state index contributed by atoms with van der Waals surface area (Å²) in [4.78, 5) is 36.0. The van der Waals surface area contributed by atoms with Crippen LogP contribution in [0.3, 0.4) is 0 Å². The Morgan fingerprint density at radius 3 is 2.84 bits per heavy atom. The summed E-state index contributed by atoms with van der Waals surface area (Å²) in [6, 6.07) is 0. The Balaban J connectivity index is 2.43. The van der Waals surface area contributed by atoms with Gasteiger partial charge >= 0.3 is 0 Å². The number of allylic oxidation sites excluding steroid dienone is 2. The molecule has 19 heavy (non-hydrogen) atoms. The van der Waals surface area contributed by atoms with Crippen molar-refractivity contribution in [2.45, 2.75) is 13.3 Å². The number of amides is 1. The summed E-state index contributed by atoms with van der Waals surface area (Å²) in [5.74, 6) is -0.804. The van der Waals surface area contributed by atoms with Crippen LogP contribution in [-0.2, 0) is 0 Å². The molecule has 1 amide bonds. The lowest BCUT2D eigenvalue weighted by molar-refractivity contribution is 0.0944. The van der Waals surface area contributed by atoms with Crippen LogP contribution in [0.1, 0.15) is 44.7 Å². The van der Waals surface area contributed by atoms with Crippen molar-refractivity contribution in [2.75, 3.05) is 12.8 Å². The molecule has 1 N–H and O–H groups in total. The van der Waals surface area contributed by atoms with Gasteiger partial charge in [0.15, 0.2) is 5.69 Å². The average Bonchev–Trinajstić information content (AvgIpc) is 2.85. The van der Waals surface area contributed by atoms with Crippen molar-refractivity contribution in [2.24, 2.45) is 0 Å². The molecule has 7 heteroatoms. The third-order valence-electron chi connectivity index (χ3n) is 2.53. The first-order chi connectivity index (χ1) is 9.10. The maximum Gasteiger partial charge on any atom is 0.274 e. The van der Waals surface area contributed by atoms with E-state index in [1.165, 1.54) is 24.9 Å². The van der Waals surface area contributed by atoms with E-state index in [9.17, 15) is 14.4 Å². The number of fused-ring (bicyclic) bond motifs is 1. The van der Waals surface area contributed by atoms with Gasteiger partial charge in [-0.3, -0.25) is 14.4 Å². The lowest BCUT2D eigenvalue weighted by Gasteiger charge is -2.09. The van der Waals surface area contributed by atoms with Crippen LogP contribution in [0.15, 0.2) is 15.5 Å². The summed E-state index contributed by atoms with van der Waals surface area (Å²) < 4.78 is 4.81. The van der Waals surface area contributed by atoms with Crippen molar-refractivity contribution in [1.29, 1.82) is 0 Å². The van der Waals surface area contributed by atoms with Crippen LogP contribution in [0.5, 0.6) is 0 Å². The van der Waals surface area contributed by atoms with Crippen LogP contribution in [-0.4, -0.2) is 35.4 Å². The number of Topliss-reactive ketones (excluding diaryl/α,β-unsaturated/α-hetero) is 1. The first kappa shape index (κ1) is 13.5. The van der Waals surface area contributed by atoms with Crippen LogP contribution in [0.4, 0.5) is 0 Å². The Morgan fingerprint density at radius 1 is 1.47 bits per heavy atom. The zero-order valence-electron chi connectivity index (χ0n) is 10.5. The molecule has 100 valence electrons. The van der Waals surface area contributed by atoms with Gasteiger partial charge in [0, 0.05) is 13.1 Å². The lowest BCUT2D eigenvalue weighted by atomic mass is 10.00. The van der Waals surface area contributed by atoms with Gasteiger partial charge in [0.2, 0.25) is 17.3 Å². The summed E-state index contributed by atoms with van der Waals surface area (Å²) in [7, 11) is 1.42. The van der Waals surface area contributed by atoms with Gasteiger partial charge in [0.1, 0.15) is 5.56 Å². The van der Waals surface area contributed by atoms with E-state index in [4.69, 9.17) is 4.52 Å². The summed E-state index contributed by atoms with van der Waals surface area (Å²) in [6.07, 6.45) is 2.12. The molecule has 1 heterocycles. The van der Waals surface area contributed by atoms with Gasteiger partial charge in [-0.1, -0.05) is 12.1 Å². The Labute approximate surface area is 113 Å². The van der Waals surface area contributed by atoms with E-state index in [2.05, 4.69) is 10.5 Å². The molecule has 0 atom stereocenters. The molecule has 2 rings (SSSR count). The second-order valence-corrected chi connectivity index (χ2v) is 5.00. The van der Waals surface area contributed by atoms with Crippen LogP contribution in [0, 0.1) is 0 Å². The van der Waals surface area contributed by atoms with Crippen molar-refractivity contribution in [3.8, 4) is 0 Å². The number of nitrogens with one attached hydrogen (secondary N) is 1. The van der Waals surface area contributed by atoms with Gasteiger partial charge in [-0.15, -0.1) is 11.8 Å². The Morgan fingerprint density at radius 2 is 2.21 bits per heavy atom. The molecule has 1 aromatic heterocycles. The standard InChI is InChI=1S/C12H12N2O4S/c1-3-4-19-7-5-6(15)11-8(10(7)16)9(14-18-11)12(17)13-2/h5H,3-4H2,1-2H3,(H,13,17). The molecule has 0 aromatic carbocycles. The number of thioether (sulfide) groups is 1.